The molecule has 0 spiro atoms. The van der Waals surface area contributed by atoms with Gasteiger partial charge in [0, 0.05) is 5.56 Å². The summed E-state index contributed by atoms with van der Waals surface area (Å²) >= 11 is 0.682. The summed E-state index contributed by atoms with van der Waals surface area (Å²) in [5.41, 5.74) is 2.11. The van der Waals surface area contributed by atoms with Gasteiger partial charge in [0.15, 0.2) is 11.5 Å². The van der Waals surface area contributed by atoms with Gasteiger partial charge < -0.3 is 14.6 Å². The minimum absolute atomic E-state index is 0.119. The summed E-state index contributed by atoms with van der Waals surface area (Å²) in [4.78, 5) is 36.3. The number of imide groups is 1. The van der Waals surface area contributed by atoms with Crippen molar-refractivity contribution in [3.05, 3.63) is 76.5 Å². The van der Waals surface area contributed by atoms with E-state index in [0.717, 1.165) is 11.1 Å². The van der Waals surface area contributed by atoms with Crippen molar-refractivity contribution < 1.29 is 33.4 Å². The fraction of sp³-hybridized carbons (Fsp3) is 0.208. The van der Waals surface area contributed by atoms with Crippen molar-refractivity contribution >= 4 is 35.0 Å². The number of allylic oxidation sites excluding steroid dienone is 1. The summed E-state index contributed by atoms with van der Waals surface area (Å²) in [5.74, 6) is -1.33. The number of aliphatic carboxylic acids is 1. The second-order valence-corrected chi connectivity index (χ2v) is 8.00. The van der Waals surface area contributed by atoms with Crippen LogP contribution in [0.25, 0.3) is 6.08 Å². The number of carbonyl (C=O) groups is 3. The van der Waals surface area contributed by atoms with Crippen LogP contribution in [0.1, 0.15) is 23.6 Å². The summed E-state index contributed by atoms with van der Waals surface area (Å²) in [6, 6.07) is 9.44. The monoisotopic (exact) mass is 471 g/mol. The predicted molar refractivity (Wildman–Crippen MR) is 123 cm³/mol. The average Bonchev–Trinajstić information content (AvgIpc) is 3.02. The number of amides is 2. The SMILES string of the molecule is C=CCc1cc(/C=C2/SC(=O)N(CC(=O)O)C2=O)cc(OCC)c1OCc1ccc(F)cc1. The van der Waals surface area contributed by atoms with Crippen LogP contribution in [0.3, 0.4) is 0 Å². The number of hydrogen-bond donors (Lipinski definition) is 1. The van der Waals surface area contributed by atoms with Crippen LogP contribution >= 0.6 is 11.8 Å². The largest absolute Gasteiger partial charge is 0.490 e. The lowest BCUT2D eigenvalue weighted by molar-refractivity contribution is -0.140. The quantitative estimate of drug-likeness (QED) is 0.398. The standard InChI is InChI=1S/C24H22FNO6S/c1-3-5-17-10-16(12-20-23(29)26(13-21(27)28)24(30)33-20)11-19(31-4-2)22(17)32-14-15-6-8-18(25)9-7-15/h3,6-12H,1,4-5,13-14H2,2H3,(H,27,28)/b20-12+. The summed E-state index contributed by atoms with van der Waals surface area (Å²) < 4.78 is 24.9. The lowest BCUT2D eigenvalue weighted by atomic mass is 10.0. The Morgan fingerprint density at radius 1 is 1.21 bits per heavy atom. The third-order valence-electron chi connectivity index (χ3n) is 4.58. The van der Waals surface area contributed by atoms with Gasteiger partial charge in [-0.3, -0.25) is 19.3 Å². The number of carbonyl (C=O) groups excluding carboxylic acids is 2. The van der Waals surface area contributed by atoms with E-state index >= 15 is 0 Å². The molecule has 1 N–H and O–H groups in total. The Morgan fingerprint density at radius 3 is 2.58 bits per heavy atom. The highest BCUT2D eigenvalue weighted by atomic mass is 32.2. The molecule has 1 heterocycles. The molecule has 0 bridgehead atoms. The predicted octanol–water partition coefficient (Wildman–Crippen LogP) is 4.65. The van der Waals surface area contributed by atoms with Gasteiger partial charge >= 0.3 is 5.97 Å². The van der Waals surface area contributed by atoms with E-state index in [1.54, 1.807) is 30.3 Å². The number of hydrogen-bond acceptors (Lipinski definition) is 6. The van der Waals surface area contributed by atoms with E-state index in [1.807, 2.05) is 6.92 Å². The molecule has 9 heteroatoms. The molecule has 1 aliphatic heterocycles. The maximum Gasteiger partial charge on any atom is 0.323 e. The van der Waals surface area contributed by atoms with Crippen molar-refractivity contribution in [2.75, 3.05) is 13.2 Å². The molecule has 0 aromatic heterocycles. The first-order valence-electron chi connectivity index (χ1n) is 10.1. The van der Waals surface area contributed by atoms with E-state index in [0.29, 0.717) is 46.8 Å². The highest BCUT2D eigenvalue weighted by Gasteiger charge is 2.36. The zero-order valence-electron chi connectivity index (χ0n) is 17.9. The van der Waals surface area contributed by atoms with Gasteiger partial charge in [0.2, 0.25) is 0 Å². The van der Waals surface area contributed by atoms with Gasteiger partial charge in [-0.1, -0.05) is 18.2 Å². The first-order chi connectivity index (χ1) is 15.8. The molecule has 1 saturated heterocycles. The highest BCUT2D eigenvalue weighted by molar-refractivity contribution is 8.18. The van der Waals surface area contributed by atoms with Gasteiger partial charge in [-0.2, -0.15) is 0 Å². The molecule has 3 rings (SSSR count). The number of nitrogens with zero attached hydrogens (tertiary/aromatic N) is 1. The molecule has 172 valence electrons. The number of thioether (sulfide) groups is 1. The summed E-state index contributed by atoms with van der Waals surface area (Å²) in [6.07, 6.45) is 3.66. The topological polar surface area (TPSA) is 93.1 Å². The number of benzene rings is 2. The molecule has 33 heavy (non-hydrogen) atoms. The molecular weight excluding hydrogens is 449 g/mol. The van der Waals surface area contributed by atoms with Crippen LogP contribution in [0.4, 0.5) is 9.18 Å². The number of ether oxygens (including phenoxy) is 2. The Kier molecular flexibility index (Phi) is 7.89. The first kappa shape index (κ1) is 24.1. The van der Waals surface area contributed by atoms with Gasteiger partial charge in [-0.15, -0.1) is 6.58 Å². The highest BCUT2D eigenvalue weighted by Crippen LogP contribution is 2.37. The smallest absolute Gasteiger partial charge is 0.323 e. The normalized spacial score (nSPS) is 14.6. The van der Waals surface area contributed by atoms with Crippen molar-refractivity contribution in [3.63, 3.8) is 0 Å². The van der Waals surface area contributed by atoms with Crippen LogP contribution in [0, 0.1) is 5.82 Å². The van der Waals surface area contributed by atoms with Crippen molar-refractivity contribution in [2.24, 2.45) is 0 Å². The van der Waals surface area contributed by atoms with Gasteiger partial charge in [-0.05, 0) is 66.6 Å². The Bertz CT molecular complexity index is 1110. The van der Waals surface area contributed by atoms with E-state index in [4.69, 9.17) is 14.6 Å². The molecule has 0 radical (unpaired) electrons. The minimum Gasteiger partial charge on any atom is -0.490 e. The zero-order valence-corrected chi connectivity index (χ0v) is 18.7. The van der Waals surface area contributed by atoms with Gasteiger partial charge in [0.25, 0.3) is 11.1 Å². The van der Waals surface area contributed by atoms with Gasteiger partial charge in [0.1, 0.15) is 19.0 Å². The Balaban J connectivity index is 1.93. The molecule has 0 atom stereocenters. The lowest BCUT2D eigenvalue weighted by Gasteiger charge is -2.17. The van der Waals surface area contributed by atoms with Crippen molar-refractivity contribution in [1.29, 1.82) is 0 Å². The third-order valence-corrected chi connectivity index (χ3v) is 5.49. The van der Waals surface area contributed by atoms with Gasteiger partial charge in [-0.25, -0.2) is 4.39 Å². The van der Waals surface area contributed by atoms with Crippen LogP contribution in [0.15, 0.2) is 54.0 Å². The number of carboxylic acid groups (broad SMARTS) is 1. The van der Waals surface area contributed by atoms with E-state index in [1.165, 1.54) is 18.2 Å². The van der Waals surface area contributed by atoms with E-state index < -0.39 is 23.7 Å². The molecule has 2 aromatic carbocycles. The summed E-state index contributed by atoms with van der Waals surface area (Å²) in [7, 11) is 0. The van der Waals surface area contributed by atoms with E-state index in [2.05, 4.69) is 6.58 Å². The molecule has 2 amide bonds. The molecule has 0 aliphatic carbocycles. The number of carboxylic acids is 1. The maximum atomic E-state index is 13.2. The molecule has 0 saturated carbocycles. The van der Waals surface area contributed by atoms with Crippen LogP contribution in [0.2, 0.25) is 0 Å². The minimum atomic E-state index is -1.27. The molecule has 0 unspecified atom stereocenters. The number of halogens is 1. The Labute approximate surface area is 194 Å². The van der Waals surface area contributed by atoms with Crippen LogP contribution in [-0.2, 0) is 22.6 Å². The summed E-state index contributed by atoms with van der Waals surface area (Å²) in [5, 5.41) is 8.29. The van der Waals surface area contributed by atoms with Gasteiger partial charge in [0.05, 0.1) is 11.5 Å². The fourth-order valence-corrected chi connectivity index (χ4v) is 4.00. The van der Waals surface area contributed by atoms with Crippen molar-refractivity contribution in [3.8, 4) is 11.5 Å². The molecule has 7 nitrogen and oxygen atoms in total. The maximum absolute atomic E-state index is 13.2. The van der Waals surface area contributed by atoms with Crippen molar-refractivity contribution in [1.82, 2.24) is 4.90 Å². The van der Waals surface area contributed by atoms with E-state index in [-0.39, 0.29) is 17.3 Å². The van der Waals surface area contributed by atoms with Crippen LogP contribution in [0.5, 0.6) is 11.5 Å². The van der Waals surface area contributed by atoms with Crippen LogP contribution in [-0.4, -0.2) is 40.3 Å². The Morgan fingerprint density at radius 2 is 1.94 bits per heavy atom. The first-order valence-corrected chi connectivity index (χ1v) is 10.9. The average molecular weight is 472 g/mol. The molecule has 1 aliphatic rings. The molecule has 1 fully saturated rings. The Hall–Kier alpha value is -3.59. The lowest BCUT2D eigenvalue weighted by Crippen LogP contribution is -2.33. The third kappa shape index (κ3) is 6.01. The molecular formula is C24H22FNO6S. The van der Waals surface area contributed by atoms with Crippen molar-refractivity contribution in [2.45, 2.75) is 20.0 Å². The number of rotatable bonds is 10. The second kappa shape index (κ2) is 10.8. The van der Waals surface area contributed by atoms with E-state index in [9.17, 15) is 18.8 Å². The van der Waals surface area contributed by atoms with Crippen LogP contribution < -0.4 is 9.47 Å². The summed E-state index contributed by atoms with van der Waals surface area (Å²) in [6.45, 7) is 5.46. The second-order valence-electron chi connectivity index (χ2n) is 7.01. The fourth-order valence-electron chi connectivity index (χ4n) is 3.16. The zero-order chi connectivity index (χ0) is 24.0. The molecule has 2 aromatic rings.